The first-order valence-electron chi connectivity index (χ1n) is 7.02. The van der Waals surface area contributed by atoms with Crippen LogP contribution in [0.5, 0.6) is 0 Å². The van der Waals surface area contributed by atoms with Crippen molar-refractivity contribution < 1.29 is 5.11 Å². The summed E-state index contributed by atoms with van der Waals surface area (Å²) in [6, 6.07) is 8.29. The second kappa shape index (κ2) is 5.39. The summed E-state index contributed by atoms with van der Waals surface area (Å²) in [7, 11) is 0. The van der Waals surface area contributed by atoms with Crippen LogP contribution in [0.15, 0.2) is 24.3 Å². The smallest absolute Gasteiger partial charge is 0.0920 e. The van der Waals surface area contributed by atoms with E-state index in [4.69, 9.17) is 0 Å². The molecule has 0 saturated carbocycles. The molecule has 2 aliphatic rings. The highest BCUT2D eigenvalue weighted by Gasteiger charge is 2.25. The Morgan fingerprint density at radius 3 is 2.83 bits per heavy atom. The van der Waals surface area contributed by atoms with Crippen LogP contribution in [0.25, 0.3) is 0 Å². The van der Waals surface area contributed by atoms with E-state index in [1.165, 1.54) is 18.4 Å². The van der Waals surface area contributed by atoms with Crippen molar-refractivity contribution in [3.8, 4) is 0 Å². The number of nitrogens with zero attached hydrogens (tertiary/aromatic N) is 1. The minimum Gasteiger partial charge on any atom is -0.387 e. The average molecular weight is 246 g/mol. The fourth-order valence-corrected chi connectivity index (χ4v) is 3.22. The summed E-state index contributed by atoms with van der Waals surface area (Å²) in [4.78, 5) is 2.42. The predicted molar refractivity (Wildman–Crippen MR) is 72.3 cm³/mol. The standard InChI is InChI=1S/C15H22N2O/c18-15-11-17(9-12-5-7-16-8-6-12)10-13-3-1-2-4-14(13)15/h1-4,12,15-16,18H,5-11H2. The topological polar surface area (TPSA) is 35.5 Å². The molecule has 1 fully saturated rings. The molecule has 2 heterocycles. The van der Waals surface area contributed by atoms with Gasteiger partial charge in [-0.05, 0) is 43.0 Å². The number of aliphatic hydroxyl groups excluding tert-OH is 1. The molecule has 3 rings (SSSR count). The molecule has 3 heteroatoms. The van der Waals surface area contributed by atoms with Crippen molar-refractivity contribution in [3.05, 3.63) is 35.4 Å². The monoisotopic (exact) mass is 246 g/mol. The highest BCUT2D eigenvalue weighted by Crippen LogP contribution is 2.27. The van der Waals surface area contributed by atoms with Gasteiger partial charge in [-0.25, -0.2) is 0 Å². The van der Waals surface area contributed by atoms with Gasteiger partial charge in [0.25, 0.3) is 0 Å². The van der Waals surface area contributed by atoms with Crippen LogP contribution in [-0.4, -0.2) is 36.2 Å². The zero-order valence-electron chi connectivity index (χ0n) is 10.8. The van der Waals surface area contributed by atoms with Crippen molar-refractivity contribution >= 4 is 0 Å². The number of hydrogen-bond donors (Lipinski definition) is 2. The molecule has 2 N–H and O–H groups in total. The summed E-state index contributed by atoms with van der Waals surface area (Å²) >= 11 is 0. The van der Waals surface area contributed by atoms with E-state index in [-0.39, 0.29) is 6.10 Å². The molecule has 1 aromatic carbocycles. The third-order valence-electron chi connectivity index (χ3n) is 4.21. The molecule has 0 bridgehead atoms. The van der Waals surface area contributed by atoms with Crippen molar-refractivity contribution in [1.82, 2.24) is 10.2 Å². The lowest BCUT2D eigenvalue weighted by molar-refractivity contribution is 0.0783. The van der Waals surface area contributed by atoms with Crippen LogP contribution < -0.4 is 5.32 Å². The fourth-order valence-electron chi connectivity index (χ4n) is 3.22. The Labute approximate surface area is 109 Å². The Morgan fingerprint density at radius 1 is 1.22 bits per heavy atom. The number of nitrogens with one attached hydrogen (secondary N) is 1. The molecule has 0 spiro atoms. The summed E-state index contributed by atoms with van der Waals surface area (Å²) in [5, 5.41) is 13.6. The van der Waals surface area contributed by atoms with Crippen molar-refractivity contribution in [2.45, 2.75) is 25.5 Å². The van der Waals surface area contributed by atoms with Crippen LogP contribution in [0.3, 0.4) is 0 Å². The highest BCUT2D eigenvalue weighted by molar-refractivity contribution is 5.31. The first kappa shape index (κ1) is 12.2. The van der Waals surface area contributed by atoms with Gasteiger partial charge in [-0.15, -0.1) is 0 Å². The number of benzene rings is 1. The molecule has 1 unspecified atom stereocenters. The van der Waals surface area contributed by atoms with Crippen LogP contribution in [0.2, 0.25) is 0 Å². The zero-order valence-corrected chi connectivity index (χ0v) is 10.8. The zero-order chi connectivity index (χ0) is 12.4. The van der Waals surface area contributed by atoms with Gasteiger partial charge in [-0.1, -0.05) is 24.3 Å². The number of β-amino-alcohol motifs (C(OH)–C–C–N with tert-alkyl or cyclic N) is 1. The minimum absolute atomic E-state index is 0.309. The summed E-state index contributed by atoms with van der Waals surface area (Å²) in [5.41, 5.74) is 2.42. The lowest BCUT2D eigenvalue weighted by Gasteiger charge is -2.35. The normalized spacial score (nSPS) is 25.9. The largest absolute Gasteiger partial charge is 0.387 e. The van der Waals surface area contributed by atoms with Gasteiger partial charge in [0.2, 0.25) is 0 Å². The Kier molecular flexibility index (Phi) is 3.64. The van der Waals surface area contributed by atoms with Crippen LogP contribution >= 0.6 is 0 Å². The first-order valence-corrected chi connectivity index (χ1v) is 7.02. The number of aliphatic hydroxyl groups is 1. The molecule has 98 valence electrons. The predicted octanol–water partition coefficient (Wildman–Crippen LogP) is 1.54. The molecule has 2 aliphatic heterocycles. The quantitative estimate of drug-likeness (QED) is 0.831. The second-order valence-electron chi connectivity index (χ2n) is 5.60. The maximum absolute atomic E-state index is 10.2. The maximum atomic E-state index is 10.2. The molecule has 1 atom stereocenters. The third-order valence-corrected chi connectivity index (χ3v) is 4.21. The average Bonchev–Trinajstić information content (AvgIpc) is 2.40. The lowest BCUT2D eigenvalue weighted by atomic mass is 9.93. The SMILES string of the molecule is OC1CN(CC2CCNCC2)Cc2ccccc21. The van der Waals surface area contributed by atoms with E-state index in [2.05, 4.69) is 28.4 Å². The molecule has 0 radical (unpaired) electrons. The van der Waals surface area contributed by atoms with Gasteiger partial charge in [0, 0.05) is 19.6 Å². The maximum Gasteiger partial charge on any atom is 0.0920 e. The van der Waals surface area contributed by atoms with Crippen LogP contribution in [0.1, 0.15) is 30.1 Å². The minimum atomic E-state index is -0.309. The van der Waals surface area contributed by atoms with E-state index in [9.17, 15) is 5.11 Å². The van der Waals surface area contributed by atoms with E-state index in [0.717, 1.165) is 44.2 Å². The Bertz CT molecular complexity index is 401. The van der Waals surface area contributed by atoms with E-state index in [0.29, 0.717) is 0 Å². The second-order valence-corrected chi connectivity index (χ2v) is 5.60. The molecular formula is C15H22N2O. The van der Waals surface area contributed by atoms with Crippen molar-refractivity contribution in [1.29, 1.82) is 0 Å². The lowest BCUT2D eigenvalue weighted by Crippen LogP contribution is -2.40. The number of rotatable bonds is 2. The van der Waals surface area contributed by atoms with Gasteiger partial charge in [-0.2, -0.15) is 0 Å². The summed E-state index contributed by atoms with van der Waals surface area (Å²) in [6.07, 6.45) is 2.24. The van der Waals surface area contributed by atoms with E-state index in [1.54, 1.807) is 0 Å². The van der Waals surface area contributed by atoms with Gasteiger partial charge in [-0.3, -0.25) is 4.90 Å². The summed E-state index contributed by atoms with van der Waals surface area (Å²) < 4.78 is 0. The number of piperidine rings is 1. The Morgan fingerprint density at radius 2 is 2.00 bits per heavy atom. The Balaban J connectivity index is 1.66. The van der Waals surface area contributed by atoms with Gasteiger partial charge >= 0.3 is 0 Å². The summed E-state index contributed by atoms with van der Waals surface area (Å²) in [6.45, 7) is 5.22. The molecule has 0 amide bonds. The molecule has 3 nitrogen and oxygen atoms in total. The molecule has 0 aliphatic carbocycles. The summed E-state index contributed by atoms with van der Waals surface area (Å²) in [5.74, 6) is 0.795. The highest BCUT2D eigenvalue weighted by atomic mass is 16.3. The molecule has 0 aromatic heterocycles. The van der Waals surface area contributed by atoms with Gasteiger partial charge in [0.05, 0.1) is 6.10 Å². The molecule has 1 saturated heterocycles. The van der Waals surface area contributed by atoms with Crippen LogP contribution in [0, 0.1) is 5.92 Å². The van der Waals surface area contributed by atoms with Gasteiger partial charge < -0.3 is 10.4 Å². The fraction of sp³-hybridized carbons (Fsp3) is 0.600. The third kappa shape index (κ3) is 2.58. The van der Waals surface area contributed by atoms with E-state index in [1.807, 2.05) is 6.07 Å². The van der Waals surface area contributed by atoms with E-state index < -0.39 is 0 Å². The number of hydrogen-bond acceptors (Lipinski definition) is 3. The van der Waals surface area contributed by atoms with Gasteiger partial charge in [0.1, 0.15) is 0 Å². The van der Waals surface area contributed by atoms with Crippen molar-refractivity contribution in [2.24, 2.45) is 5.92 Å². The first-order chi connectivity index (χ1) is 8.83. The van der Waals surface area contributed by atoms with Crippen molar-refractivity contribution in [3.63, 3.8) is 0 Å². The molecular weight excluding hydrogens is 224 g/mol. The number of fused-ring (bicyclic) bond motifs is 1. The van der Waals surface area contributed by atoms with Crippen LogP contribution in [0.4, 0.5) is 0 Å². The van der Waals surface area contributed by atoms with Crippen LogP contribution in [-0.2, 0) is 6.54 Å². The molecule has 1 aromatic rings. The molecule has 18 heavy (non-hydrogen) atoms. The van der Waals surface area contributed by atoms with Gasteiger partial charge in [0.15, 0.2) is 0 Å². The Hall–Kier alpha value is -0.900. The van der Waals surface area contributed by atoms with Crippen molar-refractivity contribution in [2.75, 3.05) is 26.2 Å². The van der Waals surface area contributed by atoms with E-state index >= 15 is 0 Å².